The van der Waals surface area contributed by atoms with Crippen molar-refractivity contribution in [2.75, 3.05) is 6.61 Å². The monoisotopic (exact) mass is 412 g/mol. The Bertz CT molecular complexity index is 648. The van der Waals surface area contributed by atoms with E-state index in [9.17, 15) is 9.67 Å². The first-order valence-electron chi connectivity index (χ1n) is 10.6. The Kier molecular flexibility index (Phi) is 8.81. The van der Waals surface area contributed by atoms with Crippen molar-refractivity contribution in [1.82, 2.24) is 0 Å². The van der Waals surface area contributed by atoms with Crippen LogP contribution in [0.1, 0.15) is 98.3 Å². The fourth-order valence-corrected chi connectivity index (χ4v) is 5.30. The topological polar surface area (TPSA) is 55.8 Å². The van der Waals surface area contributed by atoms with Crippen LogP contribution in [0.15, 0.2) is 12.1 Å². The van der Waals surface area contributed by atoms with Crippen LogP contribution in [0.4, 0.5) is 0 Å². The second kappa shape index (κ2) is 9.78. The molecule has 0 heterocycles. The van der Waals surface area contributed by atoms with E-state index in [1.165, 1.54) is 0 Å². The summed E-state index contributed by atoms with van der Waals surface area (Å²) < 4.78 is 25.2. The molecule has 1 N–H and O–H groups in total. The molecule has 0 amide bonds. The highest BCUT2D eigenvalue weighted by Gasteiger charge is 2.32. The molecule has 0 fully saturated rings. The maximum atomic E-state index is 13.5. The van der Waals surface area contributed by atoms with E-state index >= 15 is 0 Å². The summed E-state index contributed by atoms with van der Waals surface area (Å²) in [6, 6.07) is 3.92. The predicted molar refractivity (Wildman–Crippen MR) is 119 cm³/mol. The summed E-state index contributed by atoms with van der Waals surface area (Å²) in [4.78, 5) is 0. The van der Waals surface area contributed by atoms with Gasteiger partial charge in [0.25, 0.3) is 0 Å². The van der Waals surface area contributed by atoms with E-state index in [1.54, 1.807) is 0 Å². The third kappa shape index (κ3) is 6.90. The second-order valence-corrected chi connectivity index (χ2v) is 11.7. The average molecular weight is 413 g/mol. The Morgan fingerprint density at radius 2 is 1.50 bits per heavy atom. The minimum absolute atomic E-state index is 0.0660. The maximum Gasteiger partial charge on any atom is 0.335 e. The summed E-state index contributed by atoms with van der Waals surface area (Å²) in [6.07, 6.45) is 2.80. The van der Waals surface area contributed by atoms with Crippen LogP contribution in [0, 0.1) is 0 Å². The van der Waals surface area contributed by atoms with Crippen molar-refractivity contribution < 1.29 is 18.7 Å². The first kappa shape index (κ1) is 25.2. The Morgan fingerprint density at radius 1 is 1.00 bits per heavy atom. The molecule has 28 heavy (non-hydrogen) atoms. The van der Waals surface area contributed by atoms with Crippen LogP contribution in [0.5, 0.6) is 5.75 Å². The van der Waals surface area contributed by atoms with Crippen LogP contribution in [-0.4, -0.2) is 17.8 Å². The van der Waals surface area contributed by atoms with Crippen molar-refractivity contribution in [2.45, 2.75) is 105 Å². The van der Waals surface area contributed by atoms with Crippen molar-refractivity contribution in [3.8, 4) is 5.75 Å². The summed E-state index contributed by atoms with van der Waals surface area (Å²) in [5, 5.41) is 10.9. The first-order valence-corrected chi connectivity index (χ1v) is 12.3. The Balaban J connectivity index is 3.41. The van der Waals surface area contributed by atoms with Gasteiger partial charge in [-0.2, -0.15) is 0 Å². The second-order valence-electron chi connectivity index (χ2n) is 9.65. The van der Waals surface area contributed by atoms with Gasteiger partial charge in [-0.3, -0.25) is 4.57 Å². The highest BCUT2D eigenvalue weighted by Crippen LogP contribution is 2.54. The molecule has 0 saturated carbocycles. The highest BCUT2D eigenvalue weighted by molar-refractivity contribution is 7.53. The fraction of sp³-hybridized carbons (Fsp3) is 0.739. The van der Waals surface area contributed by atoms with Gasteiger partial charge in [0, 0.05) is 0 Å². The van der Waals surface area contributed by atoms with Gasteiger partial charge >= 0.3 is 7.60 Å². The largest absolute Gasteiger partial charge is 0.507 e. The lowest BCUT2D eigenvalue weighted by Gasteiger charge is -2.29. The number of aromatic hydroxyl groups is 1. The van der Waals surface area contributed by atoms with E-state index in [0.29, 0.717) is 12.4 Å². The summed E-state index contributed by atoms with van der Waals surface area (Å²) in [7, 11) is -3.28. The number of phenols is 1. The molecule has 0 radical (unpaired) electrons. The summed E-state index contributed by atoms with van der Waals surface area (Å²) in [6.45, 7) is 18.8. The fourth-order valence-electron chi connectivity index (χ4n) is 3.34. The molecule has 0 aromatic heterocycles. The Labute approximate surface area is 172 Å². The van der Waals surface area contributed by atoms with Crippen LogP contribution in [0.25, 0.3) is 0 Å². The number of benzene rings is 1. The van der Waals surface area contributed by atoms with Crippen molar-refractivity contribution in [3.05, 3.63) is 28.8 Å². The Hall–Kier alpha value is -0.830. The minimum Gasteiger partial charge on any atom is -0.507 e. The predicted octanol–water partition coefficient (Wildman–Crippen LogP) is 7.31. The van der Waals surface area contributed by atoms with Crippen LogP contribution in [-0.2, 0) is 30.6 Å². The molecule has 2 unspecified atom stereocenters. The lowest BCUT2D eigenvalue weighted by Crippen LogP contribution is -2.18. The van der Waals surface area contributed by atoms with Crippen LogP contribution in [0.3, 0.4) is 0 Å². The number of hydrogen-bond acceptors (Lipinski definition) is 4. The van der Waals surface area contributed by atoms with Gasteiger partial charge in [0.15, 0.2) is 0 Å². The summed E-state index contributed by atoms with van der Waals surface area (Å²) in [5.74, 6) is 0.327. The first-order chi connectivity index (χ1) is 12.8. The molecule has 0 aliphatic heterocycles. The van der Waals surface area contributed by atoms with E-state index in [0.717, 1.165) is 36.0 Å². The van der Waals surface area contributed by atoms with Gasteiger partial charge in [0.05, 0.1) is 18.9 Å². The number of hydrogen-bond donors (Lipinski definition) is 1. The number of phenolic OH excluding ortho intramolecular Hbond substituents is 1. The van der Waals surface area contributed by atoms with E-state index in [1.807, 2.05) is 26.0 Å². The zero-order valence-electron chi connectivity index (χ0n) is 19.4. The van der Waals surface area contributed by atoms with Gasteiger partial charge in [-0.05, 0) is 47.3 Å². The summed E-state index contributed by atoms with van der Waals surface area (Å²) in [5.41, 5.74) is 2.14. The molecule has 5 heteroatoms. The molecule has 2 atom stereocenters. The molecule has 1 aromatic carbocycles. The van der Waals surface area contributed by atoms with Crippen molar-refractivity contribution in [3.63, 3.8) is 0 Å². The van der Waals surface area contributed by atoms with E-state index in [2.05, 4.69) is 48.5 Å². The average Bonchev–Trinajstić information content (AvgIpc) is 2.54. The number of rotatable bonds is 9. The van der Waals surface area contributed by atoms with Gasteiger partial charge in [0.1, 0.15) is 5.75 Å². The van der Waals surface area contributed by atoms with Crippen LogP contribution < -0.4 is 0 Å². The zero-order valence-corrected chi connectivity index (χ0v) is 20.3. The van der Waals surface area contributed by atoms with Gasteiger partial charge < -0.3 is 14.2 Å². The standard InChI is InChI=1S/C23H41O4P/c1-10-13-18(11-2)27-28(25,26-12-3)16-17-14-19(22(4,5)6)21(24)20(15-17)23(7,8)9/h14-15,18,24H,10-13,16H2,1-9H3. The van der Waals surface area contributed by atoms with Crippen LogP contribution in [0.2, 0.25) is 0 Å². The van der Waals surface area contributed by atoms with Crippen LogP contribution >= 0.6 is 7.60 Å². The Morgan fingerprint density at radius 3 is 1.86 bits per heavy atom. The van der Waals surface area contributed by atoms with Crippen molar-refractivity contribution in [2.24, 2.45) is 0 Å². The molecule has 1 aromatic rings. The minimum atomic E-state index is -3.28. The van der Waals surface area contributed by atoms with Gasteiger partial charge in [-0.15, -0.1) is 0 Å². The third-order valence-corrected chi connectivity index (χ3v) is 6.89. The van der Waals surface area contributed by atoms with E-state index < -0.39 is 7.60 Å². The van der Waals surface area contributed by atoms with Gasteiger partial charge in [0.2, 0.25) is 0 Å². The maximum absolute atomic E-state index is 13.5. The molecule has 0 aliphatic rings. The molecule has 0 saturated heterocycles. The molecule has 4 nitrogen and oxygen atoms in total. The smallest absolute Gasteiger partial charge is 0.335 e. The summed E-state index contributed by atoms with van der Waals surface area (Å²) >= 11 is 0. The van der Waals surface area contributed by atoms with E-state index in [4.69, 9.17) is 9.05 Å². The third-order valence-electron chi connectivity index (χ3n) is 4.86. The SMILES string of the molecule is CCCC(CC)OP(=O)(Cc1cc(C(C)(C)C)c(O)c(C(C)(C)C)c1)OCC. The van der Waals surface area contributed by atoms with E-state index in [-0.39, 0.29) is 23.1 Å². The quantitative estimate of drug-likeness (QED) is 0.432. The molecule has 0 bridgehead atoms. The molecular formula is C23H41O4P. The van der Waals surface area contributed by atoms with Gasteiger partial charge in [-0.25, -0.2) is 0 Å². The highest BCUT2D eigenvalue weighted by atomic mass is 31.2. The molecule has 1 rings (SSSR count). The molecule has 162 valence electrons. The lowest BCUT2D eigenvalue weighted by atomic mass is 9.78. The van der Waals surface area contributed by atoms with Crippen molar-refractivity contribution in [1.29, 1.82) is 0 Å². The zero-order chi connectivity index (χ0) is 21.8. The van der Waals surface area contributed by atoms with Crippen molar-refractivity contribution >= 4 is 7.60 Å². The van der Waals surface area contributed by atoms with Gasteiger partial charge in [-0.1, -0.05) is 73.9 Å². The molecule has 0 spiro atoms. The molecular weight excluding hydrogens is 371 g/mol. The molecule has 0 aliphatic carbocycles. The normalized spacial score (nSPS) is 16.0. The lowest BCUT2D eigenvalue weighted by molar-refractivity contribution is 0.138.